The zero-order valence-electron chi connectivity index (χ0n) is 9.52. The van der Waals surface area contributed by atoms with Gasteiger partial charge in [-0.15, -0.1) is 0 Å². The van der Waals surface area contributed by atoms with Crippen molar-refractivity contribution < 1.29 is 18.6 Å². The van der Waals surface area contributed by atoms with Gasteiger partial charge in [0.05, 0.1) is 23.6 Å². The number of hydrogen-bond acceptors (Lipinski definition) is 6. The fourth-order valence-electron chi connectivity index (χ4n) is 2.02. The maximum Gasteiger partial charge on any atom is 0.240 e. The number of aliphatic hydroxyl groups excluding tert-OH is 2. The molecule has 0 aromatic heterocycles. The standard InChI is InChI=1S/C10H15N3O4S/c11-10-6(13-4-7(14)8(15)5-13)2-1-3-9(10)18(12,16)17/h1-3,7-8,14-15H,4-5,11H2,(H2,12,16,17). The Labute approximate surface area is 105 Å². The van der Waals surface area contributed by atoms with Crippen molar-refractivity contribution in [2.24, 2.45) is 5.14 Å². The number of β-amino-alcohol motifs (C(OH)–C–C–N with tert-alkyl or cyclic N) is 2. The molecular weight excluding hydrogens is 258 g/mol. The van der Waals surface area contributed by atoms with Crippen LogP contribution in [0.25, 0.3) is 0 Å². The summed E-state index contributed by atoms with van der Waals surface area (Å²) >= 11 is 0. The van der Waals surface area contributed by atoms with Crippen LogP contribution in [0.15, 0.2) is 23.1 Å². The van der Waals surface area contributed by atoms with E-state index in [2.05, 4.69) is 0 Å². The van der Waals surface area contributed by atoms with Crippen molar-refractivity contribution in [3.8, 4) is 0 Å². The molecule has 1 heterocycles. The third-order valence-corrected chi connectivity index (χ3v) is 3.92. The van der Waals surface area contributed by atoms with Gasteiger partial charge in [0.1, 0.15) is 4.90 Å². The summed E-state index contributed by atoms with van der Waals surface area (Å²) in [5, 5.41) is 24.0. The summed E-state index contributed by atoms with van der Waals surface area (Å²) in [5.41, 5.74) is 6.25. The van der Waals surface area contributed by atoms with Gasteiger partial charge in [-0.3, -0.25) is 0 Å². The molecule has 1 aliphatic rings. The lowest BCUT2D eigenvalue weighted by Crippen LogP contribution is -2.23. The van der Waals surface area contributed by atoms with Crippen LogP contribution in [-0.2, 0) is 10.0 Å². The molecule has 1 fully saturated rings. The van der Waals surface area contributed by atoms with E-state index in [9.17, 15) is 18.6 Å². The first-order chi connectivity index (χ1) is 8.30. The Bertz CT molecular complexity index is 550. The molecule has 100 valence electrons. The van der Waals surface area contributed by atoms with E-state index in [-0.39, 0.29) is 23.7 Å². The van der Waals surface area contributed by atoms with Gasteiger partial charge in [-0.25, -0.2) is 13.6 Å². The highest BCUT2D eigenvalue weighted by Crippen LogP contribution is 2.31. The van der Waals surface area contributed by atoms with Crippen molar-refractivity contribution in [3.63, 3.8) is 0 Å². The van der Waals surface area contributed by atoms with Gasteiger partial charge in [-0.05, 0) is 12.1 Å². The average molecular weight is 273 g/mol. The first-order valence-corrected chi connectivity index (χ1v) is 6.87. The van der Waals surface area contributed by atoms with E-state index in [4.69, 9.17) is 10.9 Å². The zero-order valence-corrected chi connectivity index (χ0v) is 10.3. The quantitative estimate of drug-likeness (QED) is 0.483. The van der Waals surface area contributed by atoms with E-state index in [1.54, 1.807) is 11.0 Å². The van der Waals surface area contributed by atoms with Gasteiger partial charge in [-0.2, -0.15) is 0 Å². The number of nitrogens with two attached hydrogens (primary N) is 2. The molecule has 0 bridgehead atoms. The maximum absolute atomic E-state index is 11.3. The summed E-state index contributed by atoms with van der Waals surface area (Å²) in [7, 11) is -3.89. The predicted molar refractivity (Wildman–Crippen MR) is 66.5 cm³/mol. The maximum atomic E-state index is 11.3. The van der Waals surface area contributed by atoms with Gasteiger partial charge in [0, 0.05) is 13.1 Å². The van der Waals surface area contributed by atoms with Crippen LogP contribution >= 0.6 is 0 Å². The van der Waals surface area contributed by atoms with Crippen molar-refractivity contribution in [3.05, 3.63) is 18.2 Å². The van der Waals surface area contributed by atoms with E-state index < -0.39 is 22.2 Å². The lowest BCUT2D eigenvalue weighted by molar-refractivity contribution is 0.0572. The fourth-order valence-corrected chi connectivity index (χ4v) is 2.70. The molecule has 0 radical (unpaired) electrons. The van der Waals surface area contributed by atoms with Crippen LogP contribution in [0.1, 0.15) is 0 Å². The number of anilines is 2. The Morgan fingerprint density at radius 3 is 2.28 bits per heavy atom. The van der Waals surface area contributed by atoms with Gasteiger partial charge in [0.15, 0.2) is 0 Å². The van der Waals surface area contributed by atoms with Gasteiger partial charge < -0.3 is 20.8 Å². The minimum absolute atomic E-state index is 0.0290. The lowest BCUT2D eigenvalue weighted by Gasteiger charge is -2.20. The van der Waals surface area contributed by atoms with Crippen molar-refractivity contribution in [1.29, 1.82) is 0 Å². The summed E-state index contributed by atoms with van der Waals surface area (Å²) in [6.45, 7) is 0.388. The molecule has 0 aliphatic carbocycles. The molecule has 2 unspecified atom stereocenters. The summed E-state index contributed by atoms with van der Waals surface area (Å²) in [4.78, 5) is 1.47. The highest BCUT2D eigenvalue weighted by molar-refractivity contribution is 7.89. The molecule has 8 heteroatoms. The second kappa shape index (κ2) is 4.39. The topological polar surface area (TPSA) is 130 Å². The Morgan fingerprint density at radius 1 is 1.22 bits per heavy atom. The number of primary sulfonamides is 1. The molecule has 0 amide bonds. The van der Waals surface area contributed by atoms with Crippen LogP contribution in [0, 0.1) is 0 Å². The first-order valence-electron chi connectivity index (χ1n) is 5.33. The SMILES string of the molecule is Nc1c(N2CC(O)C(O)C2)cccc1S(N)(=O)=O. The molecule has 7 nitrogen and oxygen atoms in total. The number of sulfonamides is 1. The van der Waals surface area contributed by atoms with Crippen LogP contribution in [0.5, 0.6) is 0 Å². The second-order valence-corrected chi connectivity index (χ2v) is 5.80. The molecule has 2 atom stereocenters. The Kier molecular flexibility index (Phi) is 3.20. The fraction of sp³-hybridized carbons (Fsp3) is 0.400. The molecule has 6 N–H and O–H groups in total. The van der Waals surface area contributed by atoms with Gasteiger partial charge in [0.2, 0.25) is 10.0 Å². The normalized spacial score (nSPS) is 24.5. The van der Waals surface area contributed by atoms with Crippen LogP contribution < -0.4 is 15.8 Å². The summed E-state index contributed by atoms with van der Waals surface area (Å²) in [6.07, 6.45) is -1.75. The monoisotopic (exact) mass is 273 g/mol. The number of nitrogens with zero attached hydrogens (tertiary/aromatic N) is 1. The van der Waals surface area contributed by atoms with Gasteiger partial charge in [0.25, 0.3) is 0 Å². The van der Waals surface area contributed by atoms with Crippen molar-refractivity contribution in [2.75, 3.05) is 23.7 Å². The Balaban J connectivity index is 2.42. The first kappa shape index (κ1) is 13.1. The molecule has 1 saturated heterocycles. The number of nitrogen functional groups attached to an aromatic ring is 1. The third-order valence-electron chi connectivity index (χ3n) is 2.95. The van der Waals surface area contributed by atoms with E-state index in [1.807, 2.05) is 0 Å². The molecular formula is C10H15N3O4S. The second-order valence-electron chi connectivity index (χ2n) is 4.27. The van der Waals surface area contributed by atoms with Crippen LogP contribution in [0.4, 0.5) is 11.4 Å². The summed E-state index contributed by atoms with van der Waals surface area (Å²) in [6, 6.07) is 4.45. The summed E-state index contributed by atoms with van der Waals surface area (Å²) < 4.78 is 22.7. The average Bonchev–Trinajstić information content (AvgIpc) is 2.57. The minimum Gasteiger partial charge on any atom is -0.396 e. The van der Waals surface area contributed by atoms with Crippen molar-refractivity contribution in [2.45, 2.75) is 17.1 Å². The zero-order chi connectivity index (χ0) is 13.5. The highest BCUT2D eigenvalue weighted by atomic mass is 32.2. The lowest BCUT2D eigenvalue weighted by atomic mass is 10.2. The number of benzene rings is 1. The smallest absolute Gasteiger partial charge is 0.240 e. The molecule has 2 rings (SSSR count). The van der Waals surface area contributed by atoms with E-state index in [1.165, 1.54) is 12.1 Å². The number of hydrogen-bond donors (Lipinski definition) is 4. The van der Waals surface area contributed by atoms with Crippen LogP contribution in [0.3, 0.4) is 0 Å². The molecule has 1 aromatic rings. The van der Waals surface area contributed by atoms with Gasteiger partial charge in [-0.1, -0.05) is 6.07 Å². The molecule has 0 saturated carbocycles. The Morgan fingerprint density at radius 2 is 1.78 bits per heavy atom. The third kappa shape index (κ3) is 2.27. The van der Waals surface area contributed by atoms with Crippen LogP contribution in [0.2, 0.25) is 0 Å². The van der Waals surface area contributed by atoms with Crippen LogP contribution in [-0.4, -0.2) is 43.9 Å². The highest BCUT2D eigenvalue weighted by Gasteiger charge is 2.31. The summed E-state index contributed by atoms with van der Waals surface area (Å²) in [5.74, 6) is 0. The number of rotatable bonds is 2. The van der Waals surface area contributed by atoms with E-state index >= 15 is 0 Å². The van der Waals surface area contributed by atoms with Gasteiger partial charge >= 0.3 is 0 Å². The van der Waals surface area contributed by atoms with Crippen molar-refractivity contribution in [1.82, 2.24) is 0 Å². The number of para-hydroxylation sites is 1. The van der Waals surface area contributed by atoms with E-state index in [0.29, 0.717) is 5.69 Å². The minimum atomic E-state index is -3.89. The molecule has 1 aromatic carbocycles. The molecule has 1 aliphatic heterocycles. The largest absolute Gasteiger partial charge is 0.396 e. The predicted octanol–water partition coefficient (Wildman–Crippen LogP) is -1.54. The van der Waals surface area contributed by atoms with E-state index in [0.717, 1.165) is 0 Å². The Hall–Kier alpha value is -1.35. The molecule has 0 spiro atoms. The number of aliphatic hydroxyl groups is 2. The molecule has 18 heavy (non-hydrogen) atoms. The van der Waals surface area contributed by atoms with Crippen molar-refractivity contribution >= 4 is 21.4 Å².